The van der Waals surface area contributed by atoms with Gasteiger partial charge in [0.05, 0.1) is 24.7 Å². The summed E-state index contributed by atoms with van der Waals surface area (Å²) >= 11 is 0. The van der Waals surface area contributed by atoms with Crippen LogP contribution in [0.25, 0.3) is 0 Å². The zero-order chi connectivity index (χ0) is 22.5. The molecule has 30 heavy (non-hydrogen) atoms. The predicted molar refractivity (Wildman–Crippen MR) is 113 cm³/mol. The zero-order valence-electron chi connectivity index (χ0n) is 18.5. The zero-order valence-corrected chi connectivity index (χ0v) is 18.5. The monoisotopic (exact) mass is 419 g/mol. The Hall–Kier alpha value is -2.57. The standard InChI is InChI=1S/C23H33NO6/c1-6-29-19(25)11-8-15-13-16(9-10-17(15)21(26)27)24-18-12-14(3)20(23(18,4)5)22(28)30-7-2/h9-10,13-14,18,20,24H,6-8,11-12H2,1-5H3,(H,26,27). The molecule has 7 heteroatoms. The fraction of sp³-hybridized carbons (Fsp3) is 0.609. The number of ether oxygens (including phenoxy) is 2. The maximum atomic E-state index is 12.5. The molecule has 0 aromatic heterocycles. The lowest BCUT2D eigenvalue weighted by Crippen LogP contribution is -2.39. The molecule has 3 unspecified atom stereocenters. The van der Waals surface area contributed by atoms with E-state index < -0.39 is 5.97 Å². The van der Waals surface area contributed by atoms with Crippen LogP contribution in [0.2, 0.25) is 0 Å². The van der Waals surface area contributed by atoms with Crippen LogP contribution < -0.4 is 5.32 Å². The van der Waals surface area contributed by atoms with Gasteiger partial charge in [-0.1, -0.05) is 20.8 Å². The molecule has 1 aliphatic rings. The van der Waals surface area contributed by atoms with Crippen molar-refractivity contribution < 1.29 is 29.0 Å². The van der Waals surface area contributed by atoms with Crippen LogP contribution in [0.4, 0.5) is 5.69 Å². The molecule has 1 aromatic carbocycles. The first kappa shape index (κ1) is 23.7. The molecular formula is C23H33NO6. The van der Waals surface area contributed by atoms with Gasteiger partial charge in [-0.05, 0) is 61.8 Å². The van der Waals surface area contributed by atoms with Crippen molar-refractivity contribution in [1.29, 1.82) is 0 Å². The highest BCUT2D eigenvalue weighted by Gasteiger charge is 2.51. The second kappa shape index (κ2) is 9.96. The van der Waals surface area contributed by atoms with Crippen molar-refractivity contribution in [1.82, 2.24) is 0 Å². The molecule has 0 saturated heterocycles. The number of anilines is 1. The van der Waals surface area contributed by atoms with E-state index in [4.69, 9.17) is 9.47 Å². The molecule has 0 amide bonds. The number of hydrogen-bond acceptors (Lipinski definition) is 6. The third-order valence-electron chi connectivity index (χ3n) is 6.00. The topological polar surface area (TPSA) is 102 Å². The second-order valence-electron chi connectivity index (χ2n) is 8.44. The number of carbonyl (C=O) groups is 3. The van der Waals surface area contributed by atoms with Gasteiger partial charge in [-0.2, -0.15) is 0 Å². The molecule has 1 aliphatic carbocycles. The van der Waals surface area contributed by atoms with Crippen LogP contribution >= 0.6 is 0 Å². The Balaban J connectivity index is 2.21. The van der Waals surface area contributed by atoms with Gasteiger partial charge in [0, 0.05) is 18.2 Å². The number of esters is 2. The van der Waals surface area contributed by atoms with Gasteiger partial charge in [0.25, 0.3) is 0 Å². The van der Waals surface area contributed by atoms with Crippen LogP contribution in [-0.4, -0.2) is 42.3 Å². The van der Waals surface area contributed by atoms with Crippen LogP contribution in [0, 0.1) is 17.3 Å². The Bertz CT molecular complexity index is 788. The highest BCUT2D eigenvalue weighted by Crippen LogP contribution is 2.48. The van der Waals surface area contributed by atoms with Crippen LogP contribution in [0.3, 0.4) is 0 Å². The highest BCUT2D eigenvalue weighted by atomic mass is 16.5. The maximum absolute atomic E-state index is 12.5. The van der Waals surface area contributed by atoms with Gasteiger partial charge in [-0.3, -0.25) is 9.59 Å². The van der Waals surface area contributed by atoms with Crippen molar-refractivity contribution in [3.05, 3.63) is 29.3 Å². The molecular weight excluding hydrogens is 386 g/mol. The summed E-state index contributed by atoms with van der Waals surface area (Å²) in [5.41, 5.74) is 1.19. The van der Waals surface area contributed by atoms with E-state index in [1.807, 2.05) is 6.92 Å². The average molecular weight is 420 g/mol. The molecule has 166 valence electrons. The van der Waals surface area contributed by atoms with E-state index in [1.165, 1.54) is 0 Å². The van der Waals surface area contributed by atoms with Crippen molar-refractivity contribution in [2.45, 2.75) is 59.9 Å². The lowest BCUT2D eigenvalue weighted by atomic mass is 9.77. The molecule has 1 fully saturated rings. The summed E-state index contributed by atoms with van der Waals surface area (Å²) in [6.07, 6.45) is 1.20. The van der Waals surface area contributed by atoms with Gasteiger partial charge < -0.3 is 19.9 Å². The number of carboxylic acid groups (broad SMARTS) is 1. The maximum Gasteiger partial charge on any atom is 0.335 e. The van der Waals surface area contributed by atoms with Crippen molar-refractivity contribution in [2.75, 3.05) is 18.5 Å². The first-order valence-corrected chi connectivity index (χ1v) is 10.6. The Morgan fingerprint density at radius 1 is 1.17 bits per heavy atom. The van der Waals surface area contributed by atoms with E-state index in [0.717, 1.165) is 12.1 Å². The van der Waals surface area contributed by atoms with Crippen LogP contribution in [0.15, 0.2) is 18.2 Å². The third kappa shape index (κ3) is 5.32. The number of aromatic carboxylic acids is 1. The summed E-state index contributed by atoms with van der Waals surface area (Å²) in [6.45, 7) is 10.4. The van der Waals surface area contributed by atoms with Crippen LogP contribution in [-0.2, 0) is 25.5 Å². The summed E-state index contributed by atoms with van der Waals surface area (Å²) in [5, 5.41) is 13.0. The molecule has 0 radical (unpaired) electrons. The molecule has 3 atom stereocenters. The molecule has 0 spiro atoms. The van der Waals surface area contributed by atoms with Gasteiger partial charge in [0.1, 0.15) is 0 Å². The van der Waals surface area contributed by atoms with Crippen LogP contribution in [0.5, 0.6) is 0 Å². The summed E-state index contributed by atoms with van der Waals surface area (Å²) in [5.74, 6) is -1.60. The Morgan fingerprint density at radius 2 is 1.83 bits per heavy atom. The lowest BCUT2D eigenvalue weighted by molar-refractivity contribution is -0.152. The summed E-state index contributed by atoms with van der Waals surface area (Å²) in [6, 6.07) is 5.09. The summed E-state index contributed by atoms with van der Waals surface area (Å²) in [4.78, 5) is 35.8. The van der Waals surface area contributed by atoms with Crippen molar-refractivity contribution >= 4 is 23.6 Å². The fourth-order valence-electron chi connectivity index (χ4n) is 4.54. The first-order chi connectivity index (χ1) is 14.1. The third-order valence-corrected chi connectivity index (χ3v) is 6.00. The first-order valence-electron chi connectivity index (χ1n) is 10.6. The number of aryl methyl sites for hydroxylation is 1. The highest BCUT2D eigenvalue weighted by molar-refractivity contribution is 5.90. The number of nitrogens with one attached hydrogen (secondary N) is 1. The predicted octanol–water partition coefficient (Wildman–Crippen LogP) is 3.91. The molecule has 0 aliphatic heterocycles. The molecule has 7 nitrogen and oxygen atoms in total. The quantitative estimate of drug-likeness (QED) is 0.585. The van der Waals surface area contributed by atoms with E-state index >= 15 is 0 Å². The van der Waals surface area contributed by atoms with Crippen molar-refractivity contribution in [2.24, 2.45) is 17.3 Å². The van der Waals surface area contributed by atoms with Gasteiger partial charge in [-0.15, -0.1) is 0 Å². The summed E-state index contributed by atoms with van der Waals surface area (Å²) < 4.78 is 10.2. The minimum Gasteiger partial charge on any atom is -0.478 e. The largest absolute Gasteiger partial charge is 0.478 e. The number of benzene rings is 1. The minimum absolute atomic E-state index is 0.0236. The number of hydrogen-bond donors (Lipinski definition) is 2. The fourth-order valence-corrected chi connectivity index (χ4v) is 4.54. The van der Waals surface area contributed by atoms with E-state index in [2.05, 4.69) is 26.1 Å². The molecule has 2 N–H and O–H groups in total. The number of carbonyl (C=O) groups excluding carboxylic acids is 2. The van der Waals surface area contributed by atoms with Gasteiger partial charge in [-0.25, -0.2) is 4.79 Å². The van der Waals surface area contributed by atoms with Gasteiger partial charge in [0.15, 0.2) is 0 Å². The summed E-state index contributed by atoms with van der Waals surface area (Å²) in [7, 11) is 0. The van der Waals surface area contributed by atoms with Gasteiger partial charge >= 0.3 is 17.9 Å². The van der Waals surface area contributed by atoms with Crippen molar-refractivity contribution in [3.63, 3.8) is 0 Å². The molecule has 0 heterocycles. The normalized spacial score (nSPS) is 22.4. The van der Waals surface area contributed by atoms with Crippen molar-refractivity contribution in [3.8, 4) is 0 Å². The van der Waals surface area contributed by atoms with E-state index in [9.17, 15) is 19.5 Å². The molecule has 1 aromatic rings. The number of rotatable bonds is 9. The minimum atomic E-state index is -1.03. The Labute approximate surface area is 178 Å². The smallest absolute Gasteiger partial charge is 0.335 e. The van der Waals surface area contributed by atoms with E-state index in [-0.39, 0.29) is 53.6 Å². The van der Waals surface area contributed by atoms with Gasteiger partial charge in [0.2, 0.25) is 0 Å². The van der Waals surface area contributed by atoms with Crippen LogP contribution in [0.1, 0.15) is 63.4 Å². The molecule has 2 rings (SSSR count). The Kier molecular flexibility index (Phi) is 7.87. The SMILES string of the molecule is CCOC(=O)CCc1cc(NC2CC(C)C(C(=O)OCC)C2(C)C)ccc1C(=O)O. The average Bonchev–Trinajstić information content (AvgIpc) is 2.88. The van der Waals surface area contributed by atoms with E-state index in [1.54, 1.807) is 25.1 Å². The molecule has 0 bridgehead atoms. The lowest BCUT2D eigenvalue weighted by Gasteiger charge is -2.33. The Morgan fingerprint density at radius 3 is 2.43 bits per heavy atom. The van der Waals surface area contributed by atoms with E-state index in [0.29, 0.717) is 18.8 Å². The molecule has 1 saturated carbocycles. The number of carboxylic acids is 1. The second-order valence-corrected chi connectivity index (χ2v) is 8.44.